The lowest BCUT2D eigenvalue weighted by Gasteiger charge is -2.06. The number of pyridine rings is 2. The number of benzene rings is 1. The lowest BCUT2D eigenvalue weighted by molar-refractivity contribution is 0.399. The molecule has 0 saturated carbocycles. The molecule has 8 heteroatoms. The number of aromatic amines is 1. The van der Waals surface area contributed by atoms with Crippen LogP contribution in [0.3, 0.4) is 0 Å². The lowest BCUT2D eigenvalue weighted by Crippen LogP contribution is -2.17. The van der Waals surface area contributed by atoms with Gasteiger partial charge >= 0.3 is 0 Å². The average molecular weight is 334 g/mol. The zero-order chi connectivity index (χ0) is 16.6. The van der Waals surface area contributed by atoms with Gasteiger partial charge in [0.1, 0.15) is 16.2 Å². The fourth-order valence-corrected chi connectivity index (χ4v) is 3.41. The Labute approximate surface area is 130 Å². The number of fused-ring (bicyclic) bond motifs is 1. The summed E-state index contributed by atoms with van der Waals surface area (Å²) in [6.07, 6.45) is 1.11. The number of methoxy groups -OCH3 is 1. The molecule has 1 aromatic carbocycles. The van der Waals surface area contributed by atoms with Crippen molar-refractivity contribution in [3.63, 3.8) is 0 Å². The van der Waals surface area contributed by atoms with Gasteiger partial charge in [-0.05, 0) is 30.3 Å². The van der Waals surface area contributed by atoms with E-state index in [9.17, 15) is 17.6 Å². The highest BCUT2D eigenvalue weighted by molar-refractivity contribution is 7.91. The SMILES string of the molecule is COc1ccc2[nH]cc(S(=O)(=O)c3ccc(F)cc3)c(=O)c2n1. The Balaban J connectivity index is 2.25. The van der Waals surface area contributed by atoms with Crippen LogP contribution in [0.1, 0.15) is 0 Å². The monoisotopic (exact) mass is 334 g/mol. The zero-order valence-electron chi connectivity index (χ0n) is 11.9. The van der Waals surface area contributed by atoms with Crippen LogP contribution >= 0.6 is 0 Å². The Hall–Kier alpha value is -2.74. The number of hydrogen-bond donors (Lipinski definition) is 1. The van der Waals surface area contributed by atoms with E-state index in [1.807, 2.05) is 0 Å². The van der Waals surface area contributed by atoms with Gasteiger partial charge in [0.25, 0.3) is 0 Å². The second kappa shape index (κ2) is 5.47. The molecule has 23 heavy (non-hydrogen) atoms. The molecule has 0 aliphatic rings. The van der Waals surface area contributed by atoms with Crippen molar-refractivity contribution in [3.8, 4) is 5.88 Å². The normalized spacial score (nSPS) is 11.6. The first-order valence-corrected chi connectivity index (χ1v) is 7.99. The maximum Gasteiger partial charge on any atom is 0.226 e. The highest BCUT2D eigenvalue weighted by atomic mass is 32.2. The molecule has 2 heterocycles. The van der Waals surface area contributed by atoms with E-state index in [1.165, 1.54) is 7.11 Å². The third kappa shape index (κ3) is 2.57. The number of nitrogens with one attached hydrogen (secondary N) is 1. The van der Waals surface area contributed by atoms with Crippen molar-refractivity contribution in [2.75, 3.05) is 7.11 Å². The minimum atomic E-state index is -4.09. The Morgan fingerprint density at radius 1 is 1.13 bits per heavy atom. The summed E-state index contributed by atoms with van der Waals surface area (Å²) >= 11 is 0. The van der Waals surface area contributed by atoms with Crippen LogP contribution in [0.5, 0.6) is 5.88 Å². The van der Waals surface area contributed by atoms with Crippen LogP contribution in [-0.4, -0.2) is 25.5 Å². The number of hydrogen-bond acceptors (Lipinski definition) is 5. The van der Waals surface area contributed by atoms with Gasteiger partial charge in [0.05, 0.1) is 17.5 Å². The number of sulfone groups is 1. The van der Waals surface area contributed by atoms with Gasteiger partial charge in [0.2, 0.25) is 21.1 Å². The molecule has 0 spiro atoms. The van der Waals surface area contributed by atoms with Gasteiger partial charge in [-0.15, -0.1) is 0 Å². The first-order valence-electron chi connectivity index (χ1n) is 6.50. The van der Waals surface area contributed by atoms with E-state index in [2.05, 4.69) is 9.97 Å². The van der Waals surface area contributed by atoms with E-state index in [1.54, 1.807) is 12.1 Å². The van der Waals surface area contributed by atoms with Crippen LogP contribution in [0, 0.1) is 5.82 Å². The van der Waals surface area contributed by atoms with Gasteiger partial charge in [-0.2, -0.15) is 0 Å². The van der Waals surface area contributed by atoms with Crippen LogP contribution < -0.4 is 10.2 Å². The molecule has 1 N–H and O–H groups in total. The molecule has 6 nitrogen and oxygen atoms in total. The average Bonchev–Trinajstić information content (AvgIpc) is 2.55. The third-order valence-electron chi connectivity index (χ3n) is 3.29. The van der Waals surface area contributed by atoms with Gasteiger partial charge in [0.15, 0.2) is 0 Å². The Kier molecular flexibility index (Phi) is 3.61. The van der Waals surface area contributed by atoms with E-state index in [0.29, 0.717) is 5.52 Å². The first kappa shape index (κ1) is 15.2. The van der Waals surface area contributed by atoms with Crippen molar-refractivity contribution in [3.05, 3.63) is 58.6 Å². The van der Waals surface area contributed by atoms with Gasteiger partial charge in [-0.1, -0.05) is 0 Å². The molecule has 0 amide bonds. The molecule has 0 aliphatic carbocycles. The van der Waals surface area contributed by atoms with Crippen molar-refractivity contribution < 1.29 is 17.5 Å². The van der Waals surface area contributed by atoms with Crippen molar-refractivity contribution in [2.24, 2.45) is 0 Å². The lowest BCUT2D eigenvalue weighted by atomic mass is 10.3. The van der Waals surface area contributed by atoms with E-state index in [0.717, 1.165) is 30.5 Å². The van der Waals surface area contributed by atoms with Crippen LogP contribution in [0.4, 0.5) is 4.39 Å². The molecule has 0 saturated heterocycles. The summed E-state index contributed by atoms with van der Waals surface area (Å²) in [4.78, 5) is 18.6. The predicted molar refractivity (Wildman–Crippen MR) is 80.8 cm³/mol. The predicted octanol–water partition coefficient (Wildman–Crippen LogP) is 1.90. The molecule has 2 aromatic heterocycles. The number of aromatic nitrogens is 2. The van der Waals surface area contributed by atoms with Crippen molar-refractivity contribution in [1.82, 2.24) is 9.97 Å². The first-order chi connectivity index (χ1) is 10.9. The molecular weight excluding hydrogens is 323 g/mol. The number of nitrogens with zero attached hydrogens (tertiary/aromatic N) is 1. The molecule has 3 aromatic rings. The maximum atomic E-state index is 13.0. The topological polar surface area (TPSA) is 89.1 Å². The van der Waals surface area contributed by atoms with E-state index in [4.69, 9.17) is 4.74 Å². The van der Waals surface area contributed by atoms with E-state index < -0.39 is 26.0 Å². The largest absolute Gasteiger partial charge is 0.481 e. The van der Waals surface area contributed by atoms with Gasteiger partial charge in [-0.25, -0.2) is 17.8 Å². The second-order valence-electron chi connectivity index (χ2n) is 4.69. The smallest absolute Gasteiger partial charge is 0.226 e. The third-order valence-corrected chi connectivity index (χ3v) is 5.06. The van der Waals surface area contributed by atoms with Gasteiger partial charge in [0, 0.05) is 12.3 Å². The standard InChI is InChI=1S/C15H11FN2O4S/c1-22-13-7-6-11-14(18-13)15(19)12(8-17-11)23(20,21)10-4-2-9(16)3-5-10/h2-8H,1H3,(H,17,19). The molecule has 0 atom stereocenters. The summed E-state index contributed by atoms with van der Waals surface area (Å²) in [5.41, 5.74) is -0.414. The highest BCUT2D eigenvalue weighted by Gasteiger charge is 2.23. The maximum absolute atomic E-state index is 13.0. The fraction of sp³-hybridized carbons (Fsp3) is 0.0667. The highest BCUT2D eigenvalue weighted by Crippen LogP contribution is 2.20. The minimum absolute atomic E-state index is 0.0486. The molecule has 0 radical (unpaired) electrons. The number of ether oxygens (including phenoxy) is 1. The van der Waals surface area contributed by atoms with Crippen LogP contribution in [0.15, 0.2) is 57.2 Å². The summed E-state index contributed by atoms with van der Waals surface area (Å²) in [5, 5.41) is 0. The number of H-pyrrole nitrogens is 1. The minimum Gasteiger partial charge on any atom is -0.481 e. The second-order valence-corrected chi connectivity index (χ2v) is 6.61. The number of rotatable bonds is 3. The van der Waals surface area contributed by atoms with E-state index >= 15 is 0 Å². The van der Waals surface area contributed by atoms with E-state index in [-0.39, 0.29) is 16.3 Å². The molecule has 118 valence electrons. The molecule has 0 bridgehead atoms. The summed E-state index contributed by atoms with van der Waals surface area (Å²) < 4.78 is 43.0. The molecule has 0 aliphatic heterocycles. The van der Waals surface area contributed by atoms with Crippen LogP contribution in [0.2, 0.25) is 0 Å². The Morgan fingerprint density at radius 2 is 1.83 bits per heavy atom. The molecule has 3 rings (SSSR count). The number of halogens is 1. The summed E-state index contributed by atoms with van der Waals surface area (Å²) in [6, 6.07) is 7.36. The summed E-state index contributed by atoms with van der Waals surface area (Å²) in [6.45, 7) is 0. The zero-order valence-corrected chi connectivity index (χ0v) is 12.7. The van der Waals surface area contributed by atoms with Crippen molar-refractivity contribution in [2.45, 2.75) is 9.79 Å². The Bertz CT molecular complexity index is 1040. The van der Waals surface area contributed by atoms with Gasteiger partial charge < -0.3 is 9.72 Å². The molecular formula is C15H11FN2O4S. The van der Waals surface area contributed by atoms with Crippen molar-refractivity contribution in [1.29, 1.82) is 0 Å². The summed E-state index contributed by atoms with van der Waals surface area (Å²) in [7, 11) is -2.70. The Morgan fingerprint density at radius 3 is 2.48 bits per heavy atom. The quantitative estimate of drug-likeness (QED) is 0.739. The summed E-state index contributed by atoms with van der Waals surface area (Å²) in [5.74, 6) is -0.373. The van der Waals surface area contributed by atoms with Gasteiger partial charge in [-0.3, -0.25) is 4.79 Å². The molecule has 0 fully saturated rings. The molecule has 0 unspecified atom stereocenters. The van der Waals surface area contributed by atoms with Crippen LogP contribution in [-0.2, 0) is 9.84 Å². The van der Waals surface area contributed by atoms with Crippen molar-refractivity contribution >= 4 is 20.9 Å². The fourth-order valence-electron chi connectivity index (χ4n) is 2.11. The van der Waals surface area contributed by atoms with Crippen LogP contribution in [0.25, 0.3) is 11.0 Å².